The molecule has 1 aliphatic heterocycles. The van der Waals surface area contributed by atoms with Gasteiger partial charge in [-0.3, -0.25) is 9.69 Å². The highest BCUT2D eigenvalue weighted by Crippen LogP contribution is 2.29. The van der Waals surface area contributed by atoms with Crippen molar-refractivity contribution in [2.24, 2.45) is 0 Å². The van der Waals surface area contributed by atoms with E-state index in [1.54, 1.807) is 30.3 Å². The van der Waals surface area contributed by atoms with E-state index in [1.807, 2.05) is 0 Å². The van der Waals surface area contributed by atoms with Gasteiger partial charge in [-0.2, -0.15) is 0 Å². The minimum Gasteiger partial charge on any atom is -0.351 e. The number of rotatable bonds is 5. The van der Waals surface area contributed by atoms with Gasteiger partial charge in [0.05, 0.1) is 20.8 Å². The Morgan fingerprint density at radius 3 is 2.75 bits per heavy atom. The Hall–Kier alpha value is -2.22. The summed E-state index contributed by atoms with van der Waals surface area (Å²) in [5.74, 6) is -0.377. The van der Waals surface area contributed by atoms with E-state index >= 15 is 0 Å². The van der Waals surface area contributed by atoms with Crippen molar-refractivity contribution in [3.8, 4) is 0 Å². The number of thiazole rings is 1. The smallest absolute Gasteiger partial charge is 0.252 e. The number of benzene rings is 2. The Kier molecular flexibility index (Phi) is 5.75. The lowest BCUT2D eigenvalue weighted by atomic mass is 10.2. The Morgan fingerprint density at radius 1 is 1.18 bits per heavy atom. The van der Waals surface area contributed by atoms with E-state index in [0.717, 1.165) is 48.1 Å². The van der Waals surface area contributed by atoms with Gasteiger partial charge in [0.1, 0.15) is 5.82 Å². The molecule has 2 aromatic carbocycles. The van der Waals surface area contributed by atoms with Crippen LogP contribution in [0.1, 0.15) is 10.4 Å². The molecule has 2 heterocycles. The van der Waals surface area contributed by atoms with Gasteiger partial charge in [0.2, 0.25) is 0 Å². The van der Waals surface area contributed by atoms with Crippen molar-refractivity contribution in [2.45, 2.75) is 0 Å². The predicted octanol–water partition coefficient (Wildman–Crippen LogP) is 3.64. The molecule has 0 spiro atoms. The minimum atomic E-state index is -0.230. The van der Waals surface area contributed by atoms with E-state index in [0.29, 0.717) is 17.1 Å². The van der Waals surface area contributed by atoms with Gasteiger partial charge in [-0.05, 0) is 30.3 Å². The minimum absolute atomic E-state index is 0.147. The summed E-state index contributed by atoms with van der Waals surface area (Å²) in [6, 6.07) is 11.8. The topological polar surface area (TPSA) is 48.5 Å². The summed E-state index contributed by atoms with van der Waals surface area (Å²) < 4.78 is 14.2. The molecular formula is C20H20ClFN4OS. The lowest BCUT2D eigenvalue weighted by Crippen LogP contribution is -2.48. The second-order valence-corrected chi connectivity index (χ2v) is 8.09. The molecule has 1 amide bonds. The van der Waals surface area contributed by atoms with E-state index in [4.69, 9.17) is 11.6 Å². The third-order valence-corrected chi connectivity index (χ3v) is 6.22. The highest BCUT2D eigenvalue weighted by molar-refractivity contribution is 7.22. The molecule has 1 fully saturated rings. The van der Waals surface area contributed by atoms with Gasteiger partial charge in [-0.1, -0.05) is 35.1 Å². The fraction of sp³-hybridized carbons (Fsp3) is 0.300. The molecule has 0 bridgehead atoms. The Bertz CT molecular complexity index is 987. The first-order valence-electron chi connectivity index (χ1n) is 9.16. The number of nitrogens with zero attached hydrogens (tertiary/aromatic N) is 3. The van der Waals surface area contributed by atoms with Crippen molar-refractivity contribution in [3.63, 3.8) is 0 Å². The third kappa shape index (κ3) is 4.27. The number of carbonyl (C=O) groups excluding carboxylic acids is 1. The quantitative estimate of drug-likeness (QED) is 0.687. The summed E-state index contributed by atoms with van der Waals surface area (Å²) >= 11 is 7.58. The van der Waals surface area contributed by atoms with Gasteiger partial charge < -0.3 is 10.2 Å². The van der Waals surface area contributed by atoms with E-state index in [2.05, 4.69) is 20.1 Å². The van der Waals surface area contributed by atoms with Crippen LogP contribution in [-0.2, 0) is 0 Å². The predicted molar refractivity (Wildman–Crippen MR) is 112 cm³/mol. The van der Waals surface area contributed by atoms with Crippen molar-refractivity contribution >= 4 is 44.2 Å². The van der Waals surface area contributed by atoms with Crippen LogP contribution < -0.4 is 10.2 Å². The van der Waals surface area contributed by atoms with Gasteiger partial charge in [-0.25, -0.2) is 9.37 Å². The number of nitrogens with one attached hydrogen (secondary N) is 1. The molecule has 146 valence electrons. The van der Waals surface area contributed by atoms with Crippen LogP contribution in [0.4, 0.5) is 9.52 Å². The van der Waals surface area contributed by atoms with Crippen LogP contribution >= 0.6 is 22.9 Å². The normalized spacial score (nSPS) is 15.1. The maximum absolute atomic E-state index is 13.4. The van der Waals surface area contributed by atoms with Gasteiger partial charge in [-0.15, -0.1) is 0 Å². The second-order valence-electron chi connectivity index (χ2n) is 6.67. The maximum atomic E-state index is 13.4. The summed E-state index contributed by atoms with van der Waals surface area (Å²) in [4.78, 5) is 21.4. The number of aromatic nitrogens is 1. The van der Waals surface area contributed by atoms with E-state index < -0.39 is 0 Å². The zero-order chi connectivity index (χ0) is 19.5. The van der Waals surface area contributed by atoms with Crippen LogP contribution in [-0.4, -0.2) is 55.1 Å². The second kappa shape index (κ2) is 8.43. The summed E-state index contributed by atoms with van der Waals surface area (Å²) in [7, 11) is 0. The molecule has 0 aliphatic carbocycles. The number of hydrogen-bond acceptors (Lipinski definition) is 5. The standard InChI is InChI=1S/C20H20ClFN4OS/c21-16-4-2-1-3-15(16)19(27)23-7-8-25-9-11-26(12-10-25)20-24-17-6-5-14(22)13-18(17)28-20/h1-6,13H,7-12H2,(H,23,27). The zero-order valence-corrected chi connectivity index (χ0v) is 16.8. The molecule has 28 heavy (non-hydrogen) atoms. The molecule has 3 aromatic rings. The fourth-order valence-corrected chi connectivity index (χ4v) is 4.52. The molecular weight excluding hydrogens is 399 g/mol. The fourth-order valence-electron chi connectivity index (χ4n) is 3.25. The molecule has 1 aromatic heterocycles. The summed E-state index contributed by atoms with van der Waals surface area (Å²) in [6.45, 7) is 4.87. The lowest BCUT2D eigenvalue weighted by molar-refractivity contribution is 0.0948. The molecule has 5 nitrogen and oxygen atoms in total. The van der Waals surface area contributed by atoms with Crippen LogP contribution in [0.5, 0.6) is 0 Å². The van der Waals surface area contributed by atoms with Crippen molar-refractivity contribution in [1.29, 1.82) is 0 Å². The zero-order valence-electron chi connectivity index (χ0n) is 15.2. The van der Waals surface area contributed by atoms with E-state index in [1.165, 1.54) is 23.5 Å². The van der Waals surface area contributed by atoms with Crippen molar-refractivity contribution in [2.75, 3.05) is 44.2 Å². The summed E-state index contributed by atoms with van der Waals surface area (Å²) in [5, 5.41) is 4.33. The third-order valence-electron chi connectivity index (χ3n) is 4.81. The average Bonchev–Trinajstić information content (AvgIpc) is 3.12. The number of anilines is 1. The molecule has 0 unspecified atom stereocenters. The number of amides is 1. The molecule has 0 radical (unpaired) electrons. The molecule has 4 rings (SSSR count). The summed E-state index contributed by atoms with van der Waals surface area (Å²) in [6.07, 6.45) is 0. The van der Waals surface area contributed by atoms with Crippen molar-refractivity contribution in [1.82, 2.24) is 15.2 Å². The van der Waals surface area contributed by atoms with Crippen molar-refractivity contribution < 1.29 is 9.18 Å². The van der Waals surface area contributed by atoms with Crippen LogP contribution in [0.25, 0.3) is 10.2 Å². The number of halogens is 2. The Morgan fingerprint density at radius 2 is 1.96 bits per heavy atom. The van der Waals surface area contributed by atoms with E-state index in [-0.39, 0.29) is 11.7 Å². The number of hydrogen-bond donors (Lipinski definition) is 1. The first-order valence-corrected chi connectivity index (χ1v) is 10.4. The van der Waals surface area contributed by atoms with E-state index in [9.17, 15) is 9.18 Å². The van der Waals surface area contributed by atoms with Crippen molar-refractivity contribution in [3.05, 3.63) is 58.9 Å². The Balaban J connectivity index is 1.26. The first-order chi connectivity index (χ1) is 13.6. The summed E-state index contributed by atoms with van der Waals surface area (Å²) in [5.41, 5.74) is 1.34. The molecule has 1 N–H and O–H groups in total. The molecule has 8 heteroatoms. The van der Waals surface area contributed by atoms with Gasteiger partial charge in [0.15, 0.2) is 5.13 Å². The van der Waals surface area contributed by atoms with Crippen LogP contribution in [0.2, 0.25) is 5.02 Å². The van der Waals surface area contributed by atoms with Gasteiger partial charge in [0.25, 0.3) is 5.91 Å². The van der Waals surface area contributed by atoms with Crippen LogP contribution in [0.15, 0.2) is 42.5 Å². The van der Waals surface area contributed by atoms with Gasteiger partial charge in [0, 0.05) is 39.3 Å². The first kappa shape index (κ1) is 19.1. The lowest BCUT2D eigenvalue weighted by Gasteiger charge is -2.34. The highest BCUT2D eigenvalue weighted by atomic mass is 35.5. The molecule has 1 saturated heterocycles. The monoisotopic (exact) mass is 418 g/mol. The van der Waals surface area contributed by atoms with Gasteiger partial charge >= 0.3 is 0 Å². The average molecular weight is 419 g/mol. The highest BCUT2D eigenvalue weighted by Gasteiger charge is 2.20. The maximum Gasteiger partial charge on any atom is 0.252 e. The SMILES string of the molecule is O=C(NCCN1CCN(c2nc3ccc(F)cc3s2)CC1)c1ccccc1Cl. The number of carbonyl (C=O) groups is 1. The molecule has 1 aliphatic rings. The van der Waals surface area contributed by atoms with Crippen LogP contribution in [0, 0.1) is 5.82 Å². The molecule has 0 atom stereocenters. The van der Waals surface area contributed by atoms with Crippen LogP contribution in [0.3, 0.4) is 0 Å². The Labute approximate surface area is 171 Å². The number of fused-ring (bicyclic) bond motifs is 1. The largest absolute Gasteiger partial charge is 0.351 e. The number of piperazine rings is 1. The molecule has 0 saturated carbocycles.